The number of anilines is 1. The van der Waals surface area contributed by atoms with E-state index in [0.717, 1.165) is 10.5 Å². The molecule has 0 aliphatic carbocycles. The average molecular weight is 411 g/mol. The summed E-state index contributed by atoms with van der Waals surface area (Å²) in [6.07, 6.45) is 0. The van der Waals surface area contributed by atoms with Gasteiger partial charge in [-0.3, -0.25) is 9.59 Å². The van der Waals surface area contributed by atoms with Crippen molar-refractivity contribution in [2.45, 2.75) is 10.1 Å². The fraction of sp³-hybridized carbons (Fsp3) is 0.0909. The van der Waals surface area contributed by atoms with Gasteiger partial charge in [0.15, 0.2) is 0 Å². The number of thioether (sulfide) groups is 1. The molecule has 0 saturated heterocycles. The number of rotatable bonds is 7. The largest absolute Gasteiger partial charge is 0.346 e. The molecule has 0 aliphatic rings. The minimum atomic E-state index is -0.452. The summed E-state index contributed by atoms with van der Waals surface area (Å²) in [5.74, 6) is -0.515. The van der Waals surface area contributed by atoms with Crippen molar-refractivity contribution in [3.63, 3.8) is 0 Å². The Kier molecular flexibility index (Phi) is 7.12. The highest BCUT2D eigenvalue weighted by molar-refractivity contribution is 8.00. The van der Waals surface area contributed by atoms with E-state index in [0.29, 0.717) is 10.7 Å². The van der Waals surface area contributed by atoms with Crippen LogP contribution in [0.5, 0.6) is 0 Å². The lowest BCUT2D eigenvalue weighted by Gasteiger charge is -2.17. The van der Waals surface area contributed by atoms with E-state index in [4.69, 9.17) is 11.6 Å². The Balaban J connectivity index is 1.64. The van der Waals surface area contributed by atoms with Gasteiger partial charge in [-0.15, -0.1) is 11.8 Å². The first-order valence-electron chi connectivity index (χ1n) is 8.71. The van der Waals surface area contributed by atoms with Gasteiger partial charge in [0.05, 0.1) is 6.54 Å². The molecule has 0 heterocycles. The smallest absolute Gasteiger partial charge is 0.243 e. The van der Waals surface area contributed by atoms with Gasteiger partial charge in [0.1, 0.15) is 5.25 Å². The van der Waals surface area contributed by atoms with Crippen LogP contribution >= 0.6 is 23.4 Å². The predicted molar refractivity (Wildman–Crippen MR) is 115 cm³/mol. The van der Waals surface area contributed by atoms with E-state index < -0.39 is 5.25 Å². The van der Waals surface area contributed by atoms with E-state index in [1.807, 2.05) is 60.7 Å². The normalized spacial score (nSPS) is 11.5. The SMILES string of the molecule is O=C(CNC(=O)C(Sc1ccccc1)c1ccccc1)Nc1ccc(Cl)cc1. The van der Waals surface area contributed by atoms with Gasteiger partial charge < -0.3 is 10.6 Å². The van der Waals surface area contributed by atoms with Gasteiger partial charge in [-0.25, -0.2) is 0 Å². The standard InChI is InChI=1S/C22H19ClN2O2S/c23-17-11-13-18(14-12-17)25-20(26)15-24-22(27)21(16-7-3-1-4-8-16)28-19-9-5-2-6-10-19/h1-14,21H,15H2,(H,24,27)(H,25,26). The first kappa shape index (κ1) is 20.0. The predicted octanol–water partition coefficient (Wildman–Crippen LogP) is 4.93. The zero-order valence-electron chi connectivity index (χ0n) is 15.0. The van der Waals surface area contributed by atoms with Gasteiger partial charge in [0, 0.05) is 15.6 Å². The topological polar surface area (TPSA) is 58.2 Å². The molecule has 0 radical (unpaired) electrons. The highest BCUT2D eigenvalue weighted by atomic mass is 35.5. The van der Waals surface area contributed by atoms with E-state index in [9.17, 15) is 9.59 Å². The molecule has 0 fully saturated rings. The maximum Gasteiger partial charge on any atom is 0.243 e. The second-order valence-electron chi connectivity index (χ2n) is 5.99. The van der Waals surface area contributed by atoms with Crippen molar-refractivity contribution in [3.8, 4) is 0 Å². The Morgan fingerprint density at radius 3 is 2.11 bits per heavy atom. The molecule has 0 spiro atoms. The number of halogens is 1. The molecule has 1 atom stereocenters. The van der Waals surface area contributed by atoms with E-state index in [-0.39, 0.29) is 18.4 Å². The lowest BCUT2D eigenvalue weighted by molar-refractivity contribution is -0.123. The molecule has 28 heavy (non-hydrogen) atoms. The molecule has 2 N–H and O–H groups in total. The third-order valence-electron chi connectivity index (χ3n) is 3.89. The monoisotopic (exact) mass is 410 g/mol. The van der Waals surface area contributed by atoms with Crippen LogP contribution in [0.2, 0.25) is 5.02 Å². The van der Waals surface area contributed by atoms with Crippen LogP contribution in [0.15, 0.2) is 89.8 Å². The summed E-state index contributed by atoms with van der Waals surface area (Å²) < 4.78 is 0. The van der Waals surface area contributed by atoms with Crippen LogP contribution in [0.1, 0.15) is 10.8 Å². The fourth-order valence-corrected chi connectivity index (χ4v) is 3.73. The third kappa shape index (κ3) is 5.87. The third-order valence-corrected chi connectivity index (χ3v) is 5.41. The van der Waals surface area contributed by atoms with Gasteiger partial charge in [-0.1, -0.05) is 60.1 Å². The molecule has 3 rings (SSSR count). The molecule has 3 aromatic carbocycles. The second-order valence-corrected chi connectivity index (χ2v) is 7.61. The minimum Gasteiger partial charge on any atom is -0.346 e. The molecule has 142 valence electrons. The summed E-state index contributed by atoms with van der Waals surface area (Å²) in [5, 5.41) is 5.61. The van der Waals surface area contributed by atoms with Crippen molar-refractivity contribution in [3.05, 3.63) is 95.5 Å². The molecule has 2 amide bonds. The van der Waals surface area contributed by atoms with Crippen LogP contribution in [-0.4, -0.2) is 18.4 Å². The van der Waals surface area contributed by atoms with Crippen molar-refractivity contribution >= 4 is 40.9 Å². The van der Waals surface area contributed by atoms with Crippen LogP contribution in [0.3, 0.4) is 0 Å². The maximum absolute atomic E-state index is 12.8. The van der Waals surface area contributed by atoms with Crippen LogP contribution in [-0.2, 0) is 9.59 Å². The zero-order chi connectivity index (χ0) is 19.8. The van der Waals surface area contributed by atoms with Crippen LogP contribution < -0.4 is 10.6 Å². The van der Waals surface area contributed by atoms with Crippen molar-refractivity contribution in [1.29, 1.82) is 0 Å². The second kappa shape index (κ2) is 9.97. The summed E-state index contributed by atoms with van der Waals surface area (Å²) >= 11 is 7.29. The molecule has 3 aromatic rings. The minimum absolute atomic E-state index is 0.111. The van der Waals surface area contributed by atoms with E-state index in [2.05, 4.69) is 10.6 Å². The lowest BCUT2D eigenvalue weighted by atomic mass is 10.1. The van der Waals surface area contributed by atoms with Gasteiger partial charge in [-0.05, 0) is 42.0 Å². The first-order valence-corrected chi connectivity index (χ1v) is 9.97. The number of amides is 2. The van der Waals surface area contributed by atoms with Crippen molar-refractivity contribution in [2.24, 2.45) is 0 Å². The van der Waals surface area contributed by atoms with Crippen molar-refractivity contribution < 1.29 is 9.59 Å². The highest BCUT2D eigenvalue weighted by Crippen LogP contribution is 2.35. The fourth-order valence-electron chi connectivity index (χ4n) is 2.53. The van der Waals surface area contributed by atoms with E-state index >= 15 is 0 Å². The van der Waals surface area contributed by atoms with Gasteiger partial charge in [0.25, 0.3) is 0 Å². The number of carbonyl (C=O) groups excluding carboxylic acids is 2. The average Bonchev–Trinajstić information content (AvgIpc) is 2.73. The molecule has 0 saturated carbocycles. The van der Waals surface area contributed by atoms with Gasteiger partial charge in [0.2, 0.25) is 11.8 Å². The van der Waals surface area contributed by atoms with Crippen molar-refractivity contribution in [2.75, 3.05) is 11.9 Å². The molecule has 0 bridgehead atoms. The van der Waals surface area contributed by atoms with Gasteiger partial charge in [-0.2, -0.15) is 0 Å². The number of benzene rings is 3. The molecule has 6 heteroatoms. The van der Waals surface area contributed by atoms with Gasteiger partial charge >= 0.3 is 0 Å². The summed E-state index contributed by atoms with van der Waals surface area (Å²) in [7, 11) is 0. The number of hydrogen-bond donors (Lipinski definition) is 2. The maximum atomic E-state index is 12.8. The summed E-state index contributed by atoms with van der Waals surface area (Å²) in [6, 6.07) is 26.0. The Morgan fingerprint density at radius 2 is 1.46 bits per heavy atom. The summed E-state index contributed by atoms with van der Waals surface area (Å²) in [6.45, 7) is -0.111. The van der Waals surface area contributed by atoms with Crippen molar-refractivity contribution in [1.82, 2.24) is 5.32 Å². The Morgan fingerprint density at radius 1 is 0.857 bits per heavy atom. The van der Waals surface area contributed by atoms with Crippen LogP contribution in [0, 0.1) is 0 Å². The molecule has 4 nitrogen and oxygen atoms in total. The quantitative estimate of drug-likeness (QED) is 0.543. The number of hydrogen-bond acceptors (Lipinski definition) is 3. The summed E-state index contributed by atoms with van der Waals surface area (Å²) in [4.78, 5) is 26.0. The first-order chi connectivity index (χ1) is 13.6. The number of carbonyl (C=O) groups is 2. The Bertz CT molecular complexity index is 918. The summed E-state index contributed by atoms with van der Waals surface area (Å²) in [5.41, 5.74) is 1.51. The molecular formula is C22H19ClN2O2S. The highest BCUT2D eigenvalue weighted by Gasteiger charge is 2.22. The van der Waals surface area contributed by atoms with Crippen LogP contribution in [0.4, 0.5) is 5.69 Å². The molecule has 0 aromatic heterocycles. The lowest BCUT2D eigenvalue weighted by Crippen LogP contribution is -2.35. The molecule has 1 unspecified atom stereocenters. The molecule has 0 aliphatic heterocycles. The number of nitrogens with one attached hydrogen (secondary N) is 2. The zero-order valence-corrected chi connectivity index (χ0v) is 16.5. The van der Waals surface area contributed by atoms with E-state index in [1.165, 1.54) is 11.8 Å². The van der Waals surface area contributed by atoms with E-state index in [1.54, 1.807) is 24.3 Å². The molecular weight excluding hydrogens is 392 g/mol. The van der Waals surface area contributed by atoms with Crippen LogP contribution in [0.25, 0.3) is 0 Å². The Labute approximate surface area is 173 Å². The Hall–Kier alpha value is -2.76.